The van der Waals surface area contributed by atoms with Crippen molar-refractivity contribution < 1.29 is 14.5 Å². The molecule has 0 amide bonds. The largest absolute Gasteiger partial charge is 0.462 e. The van der Waals surface area contributed by atoms with Crippen molar-refractivity contribution >= 4 is 35.5 Å². The van der Waals surface area contributed by atoms with Gasteiger partial charge in [-0.05, 0) is 30.8 Å². The molecule has 0 spiro atoms. The highest BCUT2D eigenvalue weighted by molar-refractivity contribution is 7.71. The fourth-order valence-corrected chi connectivity index (χ4v) is 3.09. The Hall–Kier alpha value is -3.10. The minimum absolute atomic E-state index is 0.0178. The van der Waals surface area contributed by atoms with Gasteiger partial charge in [0.25, 0.3) is 5.69 Å². The molecule has 1 heterocycles. The Morgan fingerprint density at radius 1 is 1.25 bits per heavy atom. The number of aromatic nitrogens is 2. The number of ether oxygens (including phenoxy) is 1. The maximum Gasteiger partial charge on any atom is 0.342 e. The van der Waals surface area contributed by atoms with Crippen LogP contribution in [0.15, 0.2) is 48.5 Å². The minimum Gasteiger partial charge on any atom is -0.462 e. The lowest BCUT2D eigenvalue weighted by atomic mass is 10.00. The lowest BCUT2D eigenvalue weighted by Gasteiger charge is -2.14. The zero-order valence-corrected chi connectivity index (χ0v) is 16.2. The van der Waals surface area contributed by atoms with E-state index in [9.17, 15) is 14.9 Å². The van der Waals surface area contributed by atoms with Gasteiger partial charge >= 0.3 is 5.97 Å². The molecule has 1 N–H and O–H groups in total. The molecule has 0 aliphatic rings. The number of esters is 1. The second kappa shape index (κ2) is 8.28. The third-order valence-corrected chi connectivity index (χ3v) is 4.40. The first-order chi connectivity index (χ1) is 13.4. The number of hydrogen-bond acceptors (Lipinski definition) is 6. The van der Waals surface area contributed by atoms with E-state index in [1.54, 1.807) is 25.1 Å². The number of nitro benzene ring substituents is 1. The normalized spacial score (nSPS) is 10.5. The van der Waals surface area contributed by atoms with Crippen molar-refractivity contribution in [2.75, 3.05) is 6.61 Å². The quantitative estimate of drug-likeness (QED) is 0.266. The number of nitrogens with one attached hydrogen (secondary N) is 1. The molecule has 1 aromatic heterocycles. The van der Waals surface area contributed by atoms with Gasteiger partial charge in [0, 0.05) is 11.6 Å². The van der Waals surface area contributed by atoms with Crippen LogP contribution in [0.2, 0.25) is 5.02 Å². The lowest BCUT2D eigenvalue weighted by molar-refractivity contribution is -0.384. The van der Waals surface area contributed by atoms with Crippen LogP contribution in [0.4, 0.5) is 5.69 Å². The monoisotopic (exact) mass is 415 g/mol. The molecule has 2 aromatic carbocycles. The molecule has 142 valence electrons. The van der Waals surface area contributed by atoms with E-state index >= 15 is 0 Å². The summed E-state index contributed by atoms with van der Waals surface area (Å²) in [6.07, 6.45) is 0. The summed E-state index contributed by atoms with van der Waals surface area (Å²) < 4.78 is 5.33. The predicted octanol–water partition coefficient (Wildman–Crippen LogP) is 5.21. The van der Waals surface area contributed by atoms with Gasteiger partial charge in [-0.1, -0.05) is 48.0 Å². The molecule has 0 atom stereocenters. The standard InChI is InChI=1S/C19H14ClN3O4S/c1-2-27-18(24)15-16(11-6-4-3-5-7-11)21-19(28)22-17(15)12-8-9-13(20)14(10-12)23(25)26/h3-10H,2H2,1H3,(H,21,22,28). The van der Waals surface area contributed by atoms with E-state index in [4.69, 9.17) is 28.6 Å². The third kappa shape index (κ3) is 3.92. The fraction of sp³-hybridized carbons (Fsp3) is 0.105. The number of nitro groups is 1. The zero-order valence-electron chi connectivity index (χ0n) is 14.6. The summed E-state index contributed by atoms with van der Waals surface area (Å²) in [6.45, 7) is 1.84. The number of benzene rings is 2. The molecule has 0 radical (unpaired) electrons. The Bertz CT molecular complexity index is 1120. The van der Waals surface area contributed by atoms with Crippen LogP contribution in [-0.4, -0.2) is 27.5 Å². The number of carbonyl (C=O) groups excluding carboxylic acids is 1. The van der Waals surface area contributed by atoms with E-state index in [0.29, 0.717) is 16.8 Å². The van der Waals surface area contributed by atoms with Gasteiger partial charge < -0.3 is 9.72 Å². The van der Waals surface area contributed by atoms with E-state index in [2.05, 4.69) is 9.97 Å². The van der Waals surface area contributed by atoms with Gasteiger partial charge in [-0.3, -0.25) is 10.1 Å². The molecule has 0 saturated heterocycles. The molecule has 0 fully saturated rings. The molecule has 0 saturated carbocycles. The second-order valence-corrected chi connectivity index (χ2v) is 6.44. The average Bonchev–Trinajstić information content (AvgIpc) is 2.68. The number of hydrogen-bond donors (Lipinski definition) is 1. The van der Waals surface area contributed by atoms with Crippen molar-refractivity contribution in [2.45, 2.75) is 6.92 Å². The van der Waals surface area contributed by atoms with Crippen molar-refractivity contribution in [3.8, 4) is 22.5 Å². The van der Waals surface area contributed by atoms with Crippen LogP contribution >= 0.6 is 23.8 Å². The van der Waals surface area contributed by atoms with E-state index < -0.39 is 10.9 Å². The highest BCUT2D eigenvalue weighted by Crippen LogP contribution is 2.34. The van der Waals surface area contributed by atoms with Crippen LogP contribution in [0.25, 0.3) is 22.5 Å². The van der Waals surface area contributed by atoms with Crippen LogP contribution in [0.5, 0.6) is 0 Å². The minimum atomic E-state index is -0.618. The summed E-state index contributed by atoms with van der Waals surface area (Å²) in [5.74, 6) is -0.618. The van der Waals surface area contributed by atoms with E-state index in [0.717, 1.165) is 0 Å². The predicted molar refractivity (Wildman–Crippen MR) is 108 cm³/mol. The first-order valence-corrected chi connectivity index (χ1v) is 9.02. The maximum absolute atomic E-state index is 12.8. The van der Waals surface area contributed by atoms with Crippen LogP contribution < -0.4 is 0 Å². The molecule has 3 rings (SSSR count). The average molecular weight is 416 g/mol. The Balaban J connectivity index is 2.34. The van der Waals surface area contributed by atoms with Crippen LogP contribution in [0, 0.1) is 14.9 Å². The molecule has 3 aromatic rings. The van der Waals surface area contributed by atoms with E-state index in [-0.39, 0.29) is 33.3 Å². The van der Waals surface area contributed by atoms with Crippen molar-refractivity contribution in [3.63, 3.8) is 0 Å². The Labute approximate surface area is 170 Å². The molecule has 9 heteroatoms. The fourth-order valence-electron chi connectivity index (χ4n) is 2.71. The molecular formula is C19H14ClN3O4S. The second-order valence-electron chi connectivity index (χ2n) is 5.65. The van der Waals surface area contributed by atoms with Crippen molar-refractivity contribution in [2.24, 2.45) is 0 Å². The number of rotatable bonds is 5. The summed E-state index contributed by atoms with van der Waals surface area (Å²) in [5.41, 5.74) is 1.47. The molecule has 0 aliphatic carbocycles. The molecule has 28 heavy (non-hydrogen) atoms. The number of carbonyl (C=O) groups is 1. The van der Waals surface area contributed by atoms with Gasteiger partial charge in [-0.25, -0.2) is 9.78 Å². The molecule has 7 nitrogen and oxygen atoms in total. The van der Waals surface area contributed by atoms with Gasteiger partial charge in [-0.15, -0.1) is 0 Å². The SMILES string of the molecule is CCOC(=O)c1c(-c2ccc(Cl)c([N+](=O)[O-])c2)nc(=S)[nH]c1-c1ccccc1. The summed E-state index contributed by atoms with van der Waals surface area (Å²) in [6, 6.07) is 13.3. The zero-order chi connectivity index (χ0) is 20.3. The Morgan fingerprint density at radius 2 is 1.96 bits per heavy atom. The van der Waals surface area contributed by atoms with E-state index in [1.165, 1.54) is 12.1 Å². The Kier molecular flexibility index (Phi) is 5.81. The van der Waals surface area contributed by atoms with Gasteiger partial charge in [0.1, 0.15) is 10.6 Å². The van der Waals surface area contributed by atoms with Crippen molar-refractivity contribution in [1.29, 1.82) is 0 Å². The van der Waals surface area contributed by atoms with Gasteiger partial charge in [0.15, 0.2) is 4.77 Å². The Morgan fingerprint density at radius 3 is 2.61 bits per heavy atom. The smallest absolute Gasteiger partial charge is 0.342 e. The summed E-state index contributed by atoms with van der Waals surface area (Å²) in [4.78, 5) is 30.6. The molecular weight excluding hydrogens is 402 g/mol. The summed E-state index contributed by atoms with van der Waals surface area (Å²) in [7, 11) is 0. The van der Waals surface area contributed by atoms with Crippen LogP contribution in [0.3, 0.4) is 0 Å². The highest BCUT2D eigenvalue weighted by Gasteiger charge is 2.24. The molecule has 0 unspecified atom stereocenters. The van der Waals surface area contributed by atoms with Crippen LogP contribution in [-0.2, 0) is 4.74 Å². The number of aromatic amines is 1. The van der Waals surface area contributed by atoms with Gasteiger partial charge in [0.2, 0.25) is 0 Å². The number of halogens is 1. The number of nitrogens with zero attached hydrogens (tertiary/aromatic N) is 2. The maximum atomic E-state index is 12.8. The van der Waals surface area contributed by atoms with Gasteiger partial charge in [-0.2, -0.15) is 0 Å². The summed E-state index contributed by atoms with van der Waals surface area (Å²) in [5, 5.41) is 11.2. The highest BCUT2D eigenvalue weighted by atomic mass is 35.5. The topological polar surface area (TPSA) is 98.1 Å². The number of H-pyrrole nitrogens is 1. The lowest BCUT2D eigenvalue weighted by Crippen LogP contribution is -2.11. The van der Waals surface area contributed by atoms with Crippen molar-refractivity contribution in [1.82, 2.24) is 9.97 Å². The van der Waals surface area contributed by atoms with E-state index in [1.807, 2.05) is 18.2 Å². The third-order valence-electron chi connectivity index (χ3n) is 3.89. The van der Waals surface area contributed by atoms with Gasteiger partial charge in [0.05, 0.1) is 22.9 Å². The van der Waals surface area contributed by atoms with Crippen LogP contribution in [0.1, 0.15) is 17.3 Å². The first-order valence-electron chi connectivity index (χ1n) is 8.23. The molecule has 0 aliphatic heterocycles. The molecule has 0 bridgehead atoms. The summed E-state index contributed by atoms with van der Waals surface area (Å²) >= 11 is 11.1. The van der Waals surface area contributed by atoms with Crippen molar-refractivity contribution in [3.05, 3.63) is 74.0 Å². The first kappa shape index (κ1) is 19.7.